The topological polar surface area (TPSA) is 69.7 Å². The summed E-state index contributed by atoms with van der Waals surface area (Å²) in [6.45, 7) is 2.03. The number of hydrogen-bond donors (Lipinski definition) is 1. The lowest BCUT2D eigenvalue weighted by molar-refractivity contribution is 0.102. The molecular formula is C22H22N2O4S. The van der Waals surface area contributed by atoms with Gasteiger partial charge in [-0.2, -0.15) is 0 Å². The van der Waals surface area contributed by atoms with Gasteiger partial charge in [-0.3, -0.25) is 10.1 Å². The highest BCUT2D eigenvalue weighted by Gasteiger charge is 2.23. The van der Waals surface area contributed by atoms with Gasteiger partial charge < -0.3 is 14.2 Å². The quantitative estimate of drug-likeness (QED) is 0.671. The molecule has 0 unspecified atom stereocenters. The molecule has 150 valence electrons. The summed E-state index contributed by atoms with van der Waals surface area (Å²) in [7, 11) is 4.80. The molecule has 7 heteroatoms. The SMILES string of the molecule is COc1cc(OC)cc(C(=O)Nc2nc3c(s2)CCc2cc(OC)c(C)cc2-3)c1. The molecule has 1 aliphatic rings. The molecule has 0 spiro atoms. The Morgan fingerprint density at radius 3 is 2.38 bits per heavy atom. The van der Waals surface area contributed by atoms with Crippen molar-refractivity contribution in [1.29, 1.82) is 0 Å². The predicted molar refractivity (Wildman–Crippen MR) is 114 cm³/mol. The first-order chi connectivity index (χ1) is 14.0. The molecule has 1 amide bonds. The third-order valence-electron chi connectivity index (χ3n) is 5.03. The van der Waals surface area contributed by atoms with Crippen LogP contribution in [0.2, 0.25) is 0 Å². The highest BCUT2D eigenvalue weighted by Crippen LogP contribution is 2.40. The molecule has 0 fully saturated rings. The third kappa shape index (κ3) is 3.65. The molecule has 29 heavy (non-hydrogen) atoms. The zero-order chi connectivity index (χ0) is 20.5. The second-order valence-electron chi connectivity index (χ2n) is 6.83. The van der Waals surface area contributed by atoms with Gasteiger partial charge in [0.15, 0.2) is 5.13 Å². The summed E-state index contributed by atoms with van der Waals surface area (Å²) in [5, 5.41) is 3.50. The van der Waals surface area contributed by atoms with E-state index in [9.17, 15) is 4.79 Å². The van der Waals surface area contributed by atoms with Gasteiger partial charge in [0.25, 0.3) is 5.91 Å². The van der Waals surface area contributed by atoms with E-state index in [0.717, 1.165) is 35.4 Å². The Kier molecular flexibility index (Phi) is 5.15. The summed E-state index contributed by atoms with van der Waals surface area (Å²) in [4.78, 5) is 18.7. The van der Waals surface area contributed by atoms with E-state index in [2.05, 4.69) is 17.4 Å². The van der Waals surface area contributed by atoms with Crippen molar-refractivity contribution in [3.05, 3.63) is 51.9 Å². The molecule has 1 aliphatic carbocycles. The van der Waals surface area contributed by atoms with Crippen molar-refractivity contribution in [3.63, 3.8) is 0 Å². The number of anilines is 1. The number of aryl methyl sites for hydroxylation is 3. The van der Waals surface area contributed by atoms with Crippen LogP contribution in [-0.2, 0) is 12.8 Å². The van der Waals surface area contributed by atoms with Gasteiger partial charge in [0.2, 0.25) is 0 Å². The summed E-state index contributed by atoms with van der Waals surface area (Å²) in [5.41, 5.74) is 4.81. The average molecular weight is 410 g/mol. The average Bonchev–Trinajstić information content (AvgIpc) is 3.15. The van der Waals surface area contributed by atoms with E-state index < -0.39 is 0 Å². The number of methoxy groups -OCH3 is 3. The molecular weight excluding hydrogens is 388 g/mol. The molecule has 1 N–H and O–H groups in total. The summed E-state index contributed by atoms with van der Waals surface area (Å²) >= 11 is 1.52. The number of benzene rings is 2. The van der Waals surface area contributed by atoms with Gasteiger partial charge in [-0.05, 0) is 55.2 Å². The Balaban J connectivity index is 1.63. The number of aromatic nitrogens is 1. The molecule has 0 saturated carbocycles. The van der Waals surface area contributed by atoms with E-state index >= 15 is 0 Å². The fraction of sp³-hybridized carbons (Fsp3) is 0.273. The number of fused-ring (bicyclic) bond motifs is 3. The van der Waals surface area contributed by atoms with Crippen LogP contribution in [0.4, 0.5) is 5.13 Å². The Bertz CT molecular complexity index is 1070. The molecule has 1 heterocycles. The normalized spacial score (nSPS) is 12.0. The maximum Gasteiger partial charge on any atom is 0.257 e. The number of carbonyl (C=O) groups excluding carboxylic acids is 1. The third-order valence-corrected chi connectivity index (χ3v) is 6.06. The zero-order valence-corrected chi connectivity index (χ0v) is 17.6. The van der Waals surface area contributed by atoms with Gasteiger partial charge in [0.05, 0.1) is 27.0 Å². The number of rotatable bonds is 5. The number of amides is 1. The number of carbonyl (C=O) groups is 1. The van der Waals surface area contributed by atoms with Crippen LogP contribution in [0.3, 0.4) is 0 Å². The van der Waals surface area contributed by atoms with Crippen LogP contribution in [0.25, 0.3) is 11.3 Å². The Morgan fingerprint density at radius 1 is 1.00 bits per heavy atom. The van der Waals surface area contributed by atoms with E-state index in [0.29, 0.717) is 22.2 Å². The van der Waals surface area contributed by atoms with Crippen LogP contribution in [0.1, 0.15) is 26.4 Å². The number of nitrogens with one attached hydrogen (secondary N) is 1. The summed E-state index contributed by atoms with van der Waals surface area (Å²) in [6, 6.07) is 9.29. The first-order valence-corrected chi connectivity index (χ1v) is 10.1. The highest BCUT2D eigenvalue weighted by molar-refractivity contribution is 7.16. The van der Waals surface area contributed by atoms with Gasteiger partial charge in [0.1, 0.15) is 17.2 Å². The van der Waals surface area contributed by atoms with Gasteiger partial charge in [-0.25, -0.2) is 4.98 Å². The first-order valence-electron chi connectivity index (χ1n) is 9.24. The Hall–Kier alpha value is -3.06. The van der Waals surface area contributed by atoms with Crippen molar-refractivity contribution in [2.45, 2.75) is 19.8 Å². The summed E-state index contributed by atoms with van der Waals surface area (Å²) in [6.07, 6.45) is 1.83. The summed E-state index contributed by atoms with van der Waals surface area (Å²) < 4.78 is 15.9. The molecule has 1 aromatic heterocycles. The lowest BCUT2D eigenvalue weighted by Gasteiger charge is -2.17. The van der Waals surface area contributed by atoms with E-state index in [1.165, 1.54) is 21.8 Å². The number of ether oxygens (including phenoxy) is 3. The smallest absolute Gasteiger partial charge is 0.257 e. The molecule has 0 aliphatic heterocycles. The minimum atomic E-state index is -0.251. The molecule has 4 rings (SSSR count). The van der Waals surface area contributed by atoms with Crippen LogP contribution in [0, 0.1) is 6.92 Å². The lowest BCUT2D eigenvalue weighted by Crippen LogP contribution is -2.12. The second-order valence-corrected chi connectivity index (χ2v) is 7.91. The van der Waals surface area contributed by atoms with Gasteiger partial charge in [-0.15, -0.1) is 11.3 Å². The Morgan fingerprint density at radius 2 is 1.72 bits per heavy atom. The molecule has 0 saturated heterocycles. The van der Waals surface area contributed by atoms with Crippen molar-refractivity contribution < 1.29 is 19.0 Å². The maximum atomic E-state index is 12.8. The zero-order valence-electron chi connectivity index (χ0n) is 16.8. The fourth-order valence-corrected chi connectivity index (χ4v) is 4.49. The summed E-state index contributed by atoms with van der Waals surface area (Å²) in [5.74, 6) is 1.76. The molecule has 0 radical (unpaired) electrons. The minimum absolute atomic E-state index is 0.251. The van der Waals surface area contributed by atoms with Gasteiger partial charge in [0, 0.05) is 22.1 Å². The standard InChI is InChI=1S/C22H22N2O4S/c1-12-7-17-13(10-18(12)28-4)5-6-19-20(17)23-22(29-19)24-21(25)14-8-15(26-2)11-16(9-14)27-3/h7-11H,5-6H2,1-4H3,(H,23,24,25). The molecule has 2 aromatic carbocycles. The molecule has 6 nitrogen and oxygen atoms in total. The lowest BCUT2D eigenvalue weighted by atomic mass is 9.91. The molecule has 0 atom stereocenters. The number of thiazole rings is 1. The number of hydrogen-bond acceptors (Lipinski definition) is 6. The highest BCUT2D eigenvalue weighted by atomic mass is 32.1. The maximum absolute atomic E-state index is 12.8. The van der Waals surface area contributed by atoms with E-state index in [1.54, 1.807) is 39.5 Å². The second kappa shape index (κ2) is 7.75. The van der Waals surface area contributed by atoms with E-state index in [4.69, 9.17) is 19.2 Å². The largest absolute Gasteiger partial charge is 0.497 e. The van der Waals surface area contributed by atoms with Gasteiger partial charge >= 0.3 is 0 Å². The van der Waals surface area contributed by atoms with Crippen LogP contribution >= 0.6 is 11.3 Å². The number of nitrogens with zero attached hydrogens (tertiary/aromatic N) is 1. The monoisotopic (exact) mass is 410 g/mol. The van der Waals surface area contributed by atoms with Crippen LogP contribution in [0.15, 0.2) is 30.3 Å². The Labute approximate surface area is 173 Å². The fourth-order valence-electron chi connectivity index (χ4n) is 3.52. The van der Waals surface area contributed by atoms with Crippen molar-refractivity contribution in [1.82, 2.24) is 4.98 Å². The van der Waals surface area contributed by atoms with E-state index in [-0.39, 0.29) is 5.91 Å². The van der Waals surface area contributed by atoms with Crippen molar-refractivity contribution in [2.24, 2.45) is 0 Å². The molecule has 0 bridgehead atoms. The predicted octanol–water partition coefficient (Wildman–Crippen LogP) is 4.50. The van der Waals surface area contributed by atoms with Crippen molar-refractivity contribution >= 4 is 22.4 Å². The van der Waals surface area contributed by atoms with Crippen LogP contribution in [0.5, 0.6) is 17.2 Å². The van der Waals surface area contributed by atoms with Crippen LogP contribution in [-0.4, -0.2) is 32.2 Å². The van der Waals surface area contributed by atoms with Crippen molar-refractivity contribution in [3.8, 4) is 28.5 Å². The van der Waals surface area contributed by atoms with Gasteiger partial charge in [-0.1, -0.05) is 0 Å². The first kappa shape index (κ1) is 19.3. The molecule has 3 aromatic rings. The van der Waals surface area contributed by atoms with Crippen LogP contribution < -0.4 is 19.5 Å². The van der Waals surface area contributed by atoms with Crippen molar-refractivity contribution in [2.75, 3.05) is 26.6 Å². The van der Waals surface area contributed by atoms with E-state index in [1.807, 2.05) is 6.92 Å². The minimum Gasteiger partial charge on any atom is -0.497 e.